The van der Waals surface area contributed by atoms with E-state index in [0.29, 0.717) is 18.5 Å². The maximum absolute atomic E-state index is 5.97. The summed E-state index contributed by atoms with van der Waals surface area (Å²) >= 11 is 0. The van der Waals surface area contributed by atoms with Crippen molar-refractivity contribution in [1.29, 1.82) is 0 Å². The second-order valence-electron chi connectivity index (χ2n) is 10.7. The summed E-state index contributed by atoms with van der Waals surface area (Å²) in [5.41, 5.74) is 3.29. The zero-order chi connectivity index (χ0) is 26.6. The summed E-state index contributed by atoms with van der Waals surface area (Å²) in [6, 6.07) is 19.6. The number of nitrogens with zero attached hydrogens (tertiary/aromatic N) is 6. The lowest BCUT2D eigenvalue weighted by atomic mass is 10.0. The molecule has 39 heavy (non-hydrogen) atoms. The predicted molar refractivity (Wildman–Crippen MR) is 155 cm³/mol. The van der Waals surface area contributed by atoms with E-state index in [-0.39, 0.29) is 6.04 Å². The number of nitrogens with one attached hydrogen (secondary N) is 1. The molecule has 3 fully saturated rings. The topological polar surface area (TPSA) is 69.2 Å². The summed E-state index contributed by atoms with van der Waals surface area (Å²) in [4.78, 5) is 22.5. The Bertz CT molecular complexity index is 1230. The Morgan fingerprint density at radius 1 is 0.897 bits per heavy atom. The zero-order valence-electron chi connectivity index (χ0n) is 23.0. The number of rotatable bonds is 7. The molecule has 1 aromatic heterocycles. The number of aromatic nitrogens is 2. The molecule has 0 radical (unpaired) electrons. The lowest BCUT2D eigenvalue weighted by Crippen LogP contribution is -2.52. The molecule has 2 aromatic carbocycles. The molecule has 3 aliphatic rings. The molecule has 4 heterocycles. The first-order chi connectivity index (χ1) is 19.2. The molecule has 3 aromatic rings. The molecule has 0 saturated carbocycles. The van der Waals surface area contributed by atoms with Crippen LogP contribution in [0.2, 0.25) is 0 Å². The highest BCUT2D eigenvalue weighted by molar-refractivity contribution is 5.70. The van der Waals surface area contributed by atoms with Crippen LogP contribution in [0.25, 0.3) is 0 Å². The van der Waals surface area contributed by atoms with Crippen molar-refractivity contribution in [3.05, 3.63) is 66.5 Å². The van der Waals surface area contributed by atoms with E-state index >= 15 is 0 Å². The molecule has 3 aliphatic heterocycles. The Kier molecular flexibility index (Phi) is 7.81. The Morgan fingerprint density at radius 3 is 2.46 bits per heavy atom. The average Bonchev–Trinajstić information content (AvgIpc) is 3.49. The number of piperidine rings is 1. The van der Waals surface area contributed by atoms with Crippen molar-refractivity contribution in [1.82, 2.24) is 19.8 Å². The molecule has 3 saturated heterocycles. The van der Waals surface area contributed by atoms with Crippen LogP contribution in [0.1, 0.15) is 30.9 Å². The maximum atomic E-state index is 5.97. The highest BCUT2D eigenvalue weighted by Crippen LogP contribution is 2.36. The molecule has 0 bridgehead atoms. The smallest absolute Gasteiger partial charge is 0.158 e. The molecule has 9 heteroatoms. The third kappa shape index (κ3) is 5.80. The normalized spacial score (nSPS) is 21.3. The molecular formula is C30H39N7O2. The van der Waals surface area contributed by atoms with Crippen molar-refractivity contribution in [2.75, 3.05) is 75.3 Å². The van der Waals surface area contributed by atoms with Crippen LogP contribution in [-0.2, 0) is 4.84 Å². The number of methoxy groups -OCH3 is 1. The van der Waals surface area contributed by atoms with E-state index in [0.717, 1.165) is 36.8 Å². The number of benzene rings is 2. The van der Waals surface area contributed by atoms with Gasteiger partial charge in [0.2, 0.25) is 0 Å². The van der Waals surface area contributed by atoms with Gasteiger partial charge in [-0.1, -0.05) is 30.3 Å². The van der Waals surface area contributed by atoms with Gasteiger partial charge >= 0.3 is 0 Å². The summed E-state index contributed by atoms with van der Waals surface area (Å²) in [6.45, 7) is 7.54. The Morgan fingerprint density at radius 2 is 1.69 bits per heavy atom. The maximum Gasteiger partial charge on any atom is 0.158 e. The highest BCUT2D eigenvalue weighted by atomic mass is 16.7. The first-order valence-corrected chi connectivity index (χ1v) is 14.1. The van der Waals surface area contributed by atoms with E-state index in [1.165, 1.54) is 50.3 Å². The molecule has 1 unspecified atom stereocenters. The summed E-state index contributed by atoms with van der Waals surface area (Å²) in [6.07, 6.45) is 4.90. The first kappa shape index (κ1) is 25.9. The average molecular weight is 530 g/mol. The van der Waals surface area contributed by atoms with Crippen molar-refractivity contribution >= 4 is 23.0 Å². The van der Waals surface area contributed by atoms with Gasteiger partial charge in [0.05, 0.1) is 25.4 Å². The van der Waals surface area contributed by atoms with Crippen LogP contribution in [0.5, 0.6) is 5.75 Å². The number of hydrogen-bond acceptors (Lipinski definition) is 9. The lowest BCUT2D eigenvalue weighted by molar-refractivity contribution is 0.0982. The van der Waals surface area contributed by atoms with Crippen LogP contribution >= 0.6 is 0 Å². The Balaban J connectivity index is 1.12. The molecule has 206 valence electrons. The molecule has 0 aliphatic carbocycles. The summed E-state index contributed by atoms with van der Waals surface area (Å²) < 4.78 is 5.80. The quantitative estimate of drug-likeness (QED) is 0.482. The third-order valence-electron chi connectivity index (χ3n) is 8.30. The standard InChI is InChI=1S/C30H39N7O2/c1-34-15-17-36(18-16-34)24-10-13-35(14-11-24)25-8-9-26(28(20-25)38-2)33-29-21-30(32-22-31-29)37-27(12-19-39-37)23-6-4-3-5-7-23/h3-9,20-22,24,27H,10-19H2,1-2H3,(H,31,32,33). The molecule has 0 spiro atoms. The summed E-state index contributed by atoms with van der Waals surface area (Å²) in [7, 11) is 3.94. The highest BCUT2D eigenvalue weighted by Gasteiger charge is 2.29. The minimum atomic E-state index is 0.128. The molecule has 9 nitrogen and oxygen atoms in total. The number of likely N-dealkylation sites (N-methyl/N-ethyl adjacent to an activating group) is 1. The fourth-order valence-electron chi connectivity index (χ4n) is 6.00. The van der Waals surface area contributed by atoms with Gasteiger partial charge in [-0.2, -0.15) is 0 Å². The predicted octanol–water partition coefficient (Wildman–Crippen LogP) is 4.33. The zero-order valence-corrected chi connectivity index (χ0v) is 23.0. The van der Waals surface area contributed by atoms with E-state index in [4.69, 9.17) is 9.57 Å². The van der Waals surface area contributed by atoms with Crippen molar-refractivity contribution in [3.8, 4) is 5.75 Å². The SMILES string of the molecule is COc1cc(N2CCC(N3CCN(C)CC3)CC2)ccc1Nc1cc(N2OCCC2c2ccccc2)ncn1. The second-order valence-corrected chi connectivity index (χ2v) is 10.7. The minimum absolute atomic E-state index is 0.128. The Labute approximate surface area is 231 Å². The largest absolute Gasteiger partial charge is 0.494 e. The van der Waals surface area contributed by atoms with E-state index < -0.39 is 0 Å². The second kappa shape index (κ2) is 11.8. The van der Waals surface area contributed by atoms with Crippen molar-refractivity contribution in [3.63, 3.8) is 0 Å². The number of hydroxylamine groups is 1. The van der Waals surface area contributed by atoms with Gasteiger partial charge in [-0.25, -0.2) is 15.0 Å². The molecule has 0 amide bonds. The molecule has 1 N–H and O–H groups in total. The van der Waals surface area contributed by atoms with Crippen LogP contribution < -0.4 is 20.0 Å². The summed E-state index contributed by atoms with van der Waals surface area (Å²) in [5.74, 6) is 2.23. The fraction of sp³-hybridized carbons (Fsp3) is 0.467. The van der Waals surface area contributed by atoms with Crippen LogP contribution in [0.4, 0.5) is 23.0 Å². The van der Waals surface area contributed by atoms with Crippen LogP contribution in [0.3, 0.4) is 0 Å². The van der Waals surface area contributed by atoms with Crippen LogP contribution in [0, 0.1) is 0 Å². The summed E-state index contributed by atoms with van der Waals surface area (Å²) in [5, 5.41) is 5.34. The van der Waals surface area contributed by atoms with E-state index in [1.807, 2.05) is 17.2 Å². The number of anilines is 4. The van der Waals surface area contributed by atoms with Gasteiger partial charge in [0.1, 0.15) is 17.9 Å². The molecule has 1 atom stereocenters. The van der Waals surface area contributed by atoms with Crippen LogP contribution in [0.15, 0.2) is 60.9 Å². The number of piperazine rings is 1. The van der Waals surface area contributed by atoms with E-state index in [1.54, 1.807) is 13.4 Å². The van der Waals surface area contributed by atoms with Gasteiger partial charge < -0.3 is 19.9 Å². The van der Waals surface area contributed by atoms with Gasteiger partial charge in [0.15, 0.2) is 5.82 Å². The number of ether oxygens (including phenoxy) is 1. The van der Waals surface area contributed by atoms with Gasteiger partial charge in [0, 0.05) is 69.6 Å². The van der Waals surface area contributed by atoms with E-state index in [9.17, 15) is 0 Å². The third-order valence-corrected chi connectivity index (χ3v) is 8.30. The lowest BCUT2D eigenvalue weighted by Gasteiger charge is -2.42. The van der Waals surface area contributed by atoms with Gasteiger partial charge in [-0.05, 0) is 37.6 Å². The number of hydrogen-bond donors (Lipinski definition) is 1. The van der Waals surface area contributed by atoms with Crippen molar-refractivity contribution in [2.45, 2.75) is 31.3 Å². The van der Waals surface area contributed by atoms with Crippen molar-refractivity contribution in [2.24, 2.45) is 0 Å². The van der Waals surface area contributed by atoms with Gasteiger partial charge in [0.25, 0.3) is 0 Å². The van der Waals surface area contributed by atoms with Gasteiger partial charge in [-0.15, -0.1) is 0 Å². The van der Waals surface area contributed by atoms with Crippen molar-refractivity contribution < 1.29 is 9.57 Å². The fourth-order valence-corrected chi connectivity index (χ4v) is 6.00. The van der Waals surface area contributed by atoms with Crippen LogP contribution in [-0.4, -0.2) is 85.8 Å². The molecular weight excluding hydrogens is 490 g/mol. The monoisotopic (exact) mass is 529 g/mol. The first-order valence-electron chi connectivity index (χ1n) is 14.1. The Hall–Kier alpha value is -3.40. The minimum Gasteiger partial charge on any atom is -0.494 e. The molecule has 6 rings (SSSR count). The van der Waals surface area contributed by atoms with Gasteiger partial charge in [-0.3, -0.25) is 9.74 Å². The van der Waals surface area contributed by atoms with E-state index in [2.05, 4.69) is 79.5 Å².